The first-order chi connectivity index (χ1) is 13.2. The Bertz CT molecular complexity index is 580. The number of rotatable bonds is 14. The Morgan fingerprint density at radius 3 is 1.96 bits per heavy atom. The van der Waals surface area contributed by atoms with Gasteiger partial charge in [0.1, 0.15) is 0 Å². The quantitative estimate of drug-likeness (QED) is 0.246. The van der Waals surface area contributed by atoms with Gasteiger partial charge in [0, 0.05) is 11.6 Å². The number of unbranched alkanes of at least 4 members (excludes halogenated alkanes) is 3. The number of methoxy groups -OCH3 is 1. The molecule has 0 saturated carbocycles. The van der Waals surface area contributed by atoms with Crippen molar-refractivity contribution in [1.29, 1.82) is 0 Å². The molecule has 152 valence electrons. The molecule has 1 rings (SSSR count). The third-order valence-electron chi connectivity index (χ3n) is 3.95. The van der Waals surface area contributed by atoms with Gasteiger partial charge in [-0.3, -0.25) is 0 Å². The second kappa shape index (κ2) is 14.0. The van der Waals surface area contributed by atoms with Gasteiger partial charge in [0.25, 0.3) is 0 Å². The van der Waals surface area contributed by atoms with E-state index in [1.807, 2.05) is 12.1 Å². The fourth-order valence-corrected chi connectivity index (χ4v) is 2.28. The Kier molecular flexibility index (Phi) is 11.8. The van der Waals surface area contributed by atoms with E-state index < -0.39 is 5.97 Å². The van der Waals surface area contributed by atoms with Gasteiger partial charge in [-0.15, -0.1) is 0 Å². The summed E-state index contributed by atoms with van der Waals surface area (Å²) in [5, 5.41) is 0. The second-order valence-corrected chi connectivity index (χ2v) is 6.27. The summed E-state index contributed by atoms with van der Waals surface area (Å²) in [5.74, 6) is 1.50. The number of hydrogen-bond donors (Lipinski definition) is 0. The van der Waals surface area contributed by atoms with Crippen molar-refractivity contribution in [2.24, 2.45) is 0 Å². The average molecular weight is 379 g/mol. The molecule has 5 heteroatoms. The third kappa shape index (κ3) is 8.37. The highest BCUT2D eigenvalue weighted by molar-refractivity contribution is 5.88. The molecular weight excluding hydrogens is 344 g/mol. The highest BCUT2D eigenvalue weighted by atomic mass is 16.5. The van der Waals surface area contributed by atoms with Crippen LogP contribution in [-0.2, 0) is 9.53 Å². The number of carbonyl (C=O) groups is 1. The Balaban J connectivity index is 3.20. The molecule has 1 aromatic carbocycles. The smallest absolute Gasteiger partial charge is 0.330 e. The first kappa shape index (κ1) is 22.9. The fraction of sp³-hybridized carbons (Fsp3) is 0.591. The van der Waals surface area contributed by atoms with Crippen LogP contribution in [0.2, 0.25) is 0 Å². The molecule has 0 saturated heterocycles. The van der Waals surface area contributed by atoms with Gasteiger partial charge in [-0.05, 0) is 37.5 Å². The molecule has 0 aliphatic carbocycles. The lowest BCUT2D eigenvalue weighted by Gasteiger charge is -2.19. The maximum absolute atomic E-state index is 11.5. The summed E-state index contributed by atoms with van der Waals surface area (Å²) in [6, 6.07) is 3.76. The van der Waals surface area contributed by atoms with Crippen molar-refractivity contribution in [2.45, 2.75) is 59.3 Å². The minimum atomic E-state index is -0.411. The zero-order chi connectivity index (χ0) is 19.9. The summed E-state index contributed by atoms with van der Waals surface area (Å²) in [6.45, 7) is 8.17. The van der Waals surface area contributed by atoms with Crippen molar-refractivity contribution in [3.8, 4) is 17.2 Å². The lowest BCUT2D eigenvalue weighted by atomic mass is 10.1. The van der Waals surface area contributed by atoms with Gasteiger partial charge in [0.05, 0.1) is 26.9 Å². The summed E-state index contributed by atoms with van der Waals surface area (Å²) in [4.78, 5) is 11.5. The van der Waals surface area contributed by atoms with E-state index in [9.17, 15) is 4.79 Å². The molecule has 1 aromatic rings. The Labute approximate surface area is 163 Å². The van der Waals surface area contributed by atoms with E-state index in [-0.39, 0.29) is 0 Å². The highest BCUT2D eigenvalue weighted by Crippen LogP contribution is 2.41. The van der Waals surface area contributed by atoms with Crippen LogP contribution in [0.15, 0.2) is 18.2 Å². The monoisotopic (exact) mass is 378 g/mol. The van der Waals surface area contributed by atoms with Gasteiger partial charge in [-0.25, -0.2) is 4.79 Å². The van der Waals surface area contributed by atoms with Crippen LogP contribution >= 0.6 is 0 Å². The third-order valence-corrected chi connectivity index (χ3v) is 3.95. The molecule has 0 unspecified atom stereocenters. The molecule has 27 heavy (non-hydrogen) atoms. The molecule has 0 spiro atoms. The van der Waals surface area contributed by atoms with Crippen molar-refractivity contribution in [3.63, 3.8) is 0 Å². The second-order valence-electron chi connectivity index (χ2n) is 6.27. The van der Waals surface area contributed by atoms with Crippen molar-refractivity contribution < 1.29 is 23.7 Å². The first-order valence-electron chi connectivity index (χ1n) is 9.99. The Morgan fingerprint density at radius 2 is 1.41 bits per heavy atom. The summed E-state index contributed by atoms with van der Waals surface area (Å²) >= 11 is 0. The largest absolute Gasteiger partial charge is 0.490 e. The molecule has 0 aliphatic heterocycles. The lowest BCUT2D eigenvalue weighted by molar-refractivity contribution is -0.134. The van der Waals surface area contributed by atoms with Crippen LogP contribution in [0.3, 0.4) is 0 Å². The van der Waals surface area contributed by atoms with Crippen molar-refractivity contribution in [1.82, 2.24) is 0 Å². The summed E-state index contributed by atoms with van der Waals surface area (Å²) in [6.07, 6.45) is 9.08. The molecule has 0 fully saturated rings. The number of esters is 1. The normalized spacial score (nSPS) is 10.8. The molecule has 0 amide bonds. The molecule has 0 atom stereocenters. The summed E-state index contributed by atoms with van der Waals surface area (Å²) in [7, 11) is 1.36. The van der Waals surface area contributed by atoms with Gasteiger partial charge in [-0.1, -0.05) is 40.0 Å². The topological polar surface area (TPSA) is 54.0 Å². The molecule has 0 bridgehead atoms. The van der Waals surface area contributed by atoms with E-state index in [2.05, 4.69) is 25.5 Å². The molecule has 0 heterocycles. The van der Waals surface area contributed by atoms with E-state index in [1.165, 1.54) is 13.2 Å². The van der Waals surface area contributed by atoms with Crippen LogP contribution in [0.4, 0.5) is 0 Å². The van der Waals surface area contributed by atoms with Crippen LogP contribution in [0.5, 0.6) is 17.2 Å². The lowest BCUT2D eigenvalue weighted by Crippen LogP contribution is -2.07. The van der Waals surface area contributed by atoms with Gasteiger partial charge in [0.2, 0.25) is 5.75 Å². The van der Waals surface area contributed by atoms with E-state index in [0.717, 1.165) is 44.1 Å². The number of carbonyl (C=O) groups excluding carboxylic acids is 1. The number of ether oxygens (including phenoxy) is 4. The number of benzene rings is 1. The zero-order valence-corrected chi connectivity index (χ0v) is 17.2. The van der Waals surface area contributed by atoms with Crippen LogP contribution in [0.25, 0.3) is 6.08 Å². The minimum Gasteiger partial charge on any atom is -0.490 e. The van der Waals surface area contributed by atoms with E-state index >= 15 is 0 Å². The van der Waals surface area contributed by atoms with Crippen molar-refractivity contribution in [3.05, 3.63) is 23.8 Å². The number of hydrogen-bond acceptors (Lipinski definition) is 5. The molecule has 0 aliphatic rings. The van der Waals surface area contributed by atoms with E-state index in [4.69, 9.17) is 14.2 Å². The van der Waals surface area contributed by atoms with Crippen LogP contribution in [0, 0.1) is 0 Å². The minimum absolute atomic E-state index is 0.411. The standard InChI is InChI=1S/C22H34O5/c1-5-8-15-25-19-13-11-18(12-14-20(23)24-4)21(26-16-9-6-2)22(19)27-17-10-7-3/h11-14H,5-10,15-17H2,1-4H3. The predicted octanol–water partition coefficient (Wildman–Crippen LogP) is 5.41. The summed E-state index contributed by atoms with van der Waals surface area (Å²) < 4.78 is 22.7. The van der Waals surface area contributed by atoms with Gasteiger partial charge >= 0.3 is 5.97 Å². The van der Waals surface area contributed by atoms with Crippen LogP contribution < -0.4 is 14.2 Å². The predicted molar refractivity (Wildman–Crippen MR) is 109 cm³/mol. The van der Waals surface area contributed by atoms with Crippen LogP contribution in [0.1, 0.15) is 64.9 Å². The van der Waals surface area contributed by atoms with Gasteiger partial charge in [0.15, 0.2) is 11.5 Å². The maximum Gasteiger partial charge on any atom is 0.330 e. The van der Waals surface area contributed by atoms with Gasteiger partial charge < -0.3 is 18.9 Å². The highest BCUT2D eigenvalue weighted by Gasteiger charge is 2.17. The zero-order valence-electron chi connectivity index (χ0n) is 17.2. The Hall–Kier alpha value is -2.17. The molecule has 0 radical (unpaired) electrons. The first-order valence-corrected chi connectivity index (χ1v) is 9.99. The maximum atomic E-state index is 11.5. The van der Waals surface area contributed by atoms with Gasteiger partial charge in [-0.2, -0.15) is 0 Å². The molecule has 0 N–H and O–H groups in total. The SMILES string of the molecule is CCCCOc1ccc(C=CC(=O)OC)c(OCCCC)c1OCCCC. The molecule has 5 nitrogen and oxygen atoms in total. The average Bonchev–Trinajstić information content (AvgIpc) is 2.68. The van der Waals surface area contributed by atoms with E-state index in [0.29, 0.717) is 37.1 Å². The summed E-state index contributed by atoms with van der Waals surface area (Å²) in [5.41, 5.74) is 0.769. The fourth-order valence-electron chi connectivity index (χ4n) is 2.28. The van der Waals surface area contributed by atoms with Crippen LogP contribution in [-0.4, -0.2) is 32.9 Å². The molecule has 0 aromatic heterocycles. The molecular formula is C22H34O5. The van der Waals surface area contributed by atoms with Crippen molar-refractivity contribution >= 4 is 12.0 Å². The van der Waals surface area contributed by atoms with Crippen molar-refractivity contribution in [2.75, 3.05) is 26.9 Å². The van der Waals surface area contributed by atoms with E-state index in [1.54, 1.807) is 6.08 Å². The Morgan fingerprint density at radius 1 is 0.852 bits per heavy atom.